The molecule has 138 valence electrons. The van der Waals surface area contributed by atoms with E-state index in [4.69, 9.17) is 9.15 Å². The molecule has 1 amide bonds. The van der Waals surface area contributed by atoms with Gasteiger partial charge in [-0.3, -0.25) is 9.59 Å². The molecule has 0 atom stereocenters. The van der Waals surface area contributed by atoms with E-state index >= 15 is 0 Å². The molecule has 6 heteroatoms. The predicted molar refractivity (Wildman–Crippen MR) is 104 cm³/mol. The van der Waals surface area contributed by atoms with Crippen molar-refractivity contribution in [3.8, 4) is 5.75 Å². The van der Waals surface area contributed by atoms with Crippen molar-refractivity contribution >= 4 is 22.6 Å². The molecule has 1 aromatic heterocycles. The van der Waals surface area contributed by atoms with Gasteiger partial charge in [0.25, 0.3) is 5.91 Å². The zero-order valence-electron chi connectivity index (χ0n) is 15.1. The summed E-state index contributed by atoms with van der Waals surface area (Å²) in [5.41, 5.74) is 1.34. The van der Waals surface area contributed by atoms with Crippen molar-refractivity contribution in [2.24, 2.45) is 0 Å². The Morgan fingerprint density at radius 1 is 1.00 bits per heavy atom. The van der Waals surface area contributed by atoms with Crippen LogP contribution in [0.5, 0.6) is 5.75 Å². The molecule has 3 aromatic rings. The summed E-state index contributed by atoms with van der Waals surface area (Å²) >= 11 is 0. The van der Waals surface area contributed by atoms with Gasteiger partial charge in [0.2, 0.25) is 0 Å². The second-order valence-electron chi connectivity index (χ2n) is 6.45. The number of carbonyl (C=O) groups is 1. The average molecular weight is 364 g/mol. The second-order valence-corrected chi connectivity index (χ2v) is 6.45. The first-order chi connectivity index (χ1) is 13.2. The number of anilines is 1. The van der Waals surface area contributed by atoms with Crippen molar-refractivity contribution in [2.45, 2.75) is 0 Å². The number of benzene rings is 2. The molecule has 2 aromatic carbocycles. The van der Waals surface area contributed by atoms with Crippen LogP contribution in [0.3, 0.4) is 0 Å². The van der Waals surface area contributed by atoms with Gasteiger partial charge in [-0.2, -0.15) is 0 Å². The maximum absolute atomic E-state index is 12.8. The van der Waals surface area contributed by atoms with E-state index in [0.717, 1.165) is 24.5 Å². The molecule has 2 heterocycles. The quantitative estimate of drug-likeness (QED) is 0.715. The van der Waals surface area contributed by atoms with Crippen molar-refractivity contribution < 1.29 is 13.9 Å². The van der Waals surface area contributed by atoms with Crippen molar-refractivity contribution in [3.05, 3.63) is 70.6 Å². The Morgan fingerprint density at radius 3 is 2.41 bits per heavy atom. The molecule has 4 rings (SSSR count). The van der Waals surface area contributed by atoms with Crippen LogP contribution in [0, 0.1) is 0 Å². The highest BCUT2D eigenvalue weighted by Crippen LogP contribution is 2.21. The maximum atomic E-state index is 12.8. The Balaban J connectivity index is 1.47. The number of hydrogen-bond donors (Lipinski definition) is 0. The lowest BCUT2D eigenvalue weighted by atomic mass is 10.2. The van der Waals surface area contributed by atoms with Crippen LogP contribution < -0.4 is 15.1 Å². The predicted octanol–water partition coefficient (Wildman–Crippen LogP) is 2.76. The number of rotatable bonds is 3. The Kier molecular flexibility index (Phi) is 4.54. The highest BCUT2D eigenvalue weighted by atomic mass is 16.5. The molecule has 1 fully saturated rings. The lowest BCUT2D eigenvalue weighted by molar-refractivity contribution is 0.0715. The molecule has 0 N–H and O–H groups in total. The van der Waals surface area contributed by atoms with Crippen LogP contribution >= 0.6 is 0 Å². The van der Waals surface area contributed by atoms with Crippen LogP contribution in [-0.2, 0) is 0 Å². The number of para-hydroxylation sites is 1. The number of hydrogen-bond acceptors (Lipinski definition) is 5. The summed E-state index contributed by atoms with van der Waals surface area (Å²) in [7, 11) is 1.64. The summed E-state index contributed by atoms with van der Waals surface area (Å²) in [5.74, 6) is 0.669. The third kappa shape index (κ3) is 3.38. The Morgan fingerprint density at radius 2 is 1.70 bits per heavy atom. The van der Waals surface area contributed by atoms with Gasteiger partial charge in [-0.15, -0.1) is 0 Å². The molecule has 0 saturated carbocycles. The Bertz CT molecular complexity index is 1020. The summed E-state index contributed by atoms with van der Waals surface area (Å²) in [5, 5.41) is 0.485. The van der Waals surface area contributed by atoms with Gasteiger partial charge in [-0.05, 0) is 36.4 Å². The lowest BCUT2D eigenvalue weighted by Gasteiger charge is -2.35. The molecule has 1 aliphatic rings. The maximum Gasteiger partial charge on any atom is 0.289 e. The van der Waals surface area contributed by atoms with Gasteiger partial charge in [0.1, 0.15) is 11.3 Å². The van der Waals surface area contributed by atoms with Gasteiger partial charge in [0, 0.05) is 37.9 Å². The molecular formula is C21H20N2O4. The van der Waals surface area contributed by atoms with E-state index in [1.54, 1.807) is 36.3 Å². The summed E-state index contributed by atoms with van der Waals surface area (Å²) in [6.45, 7) is 2.58. The number of nitrogens with zero attached hydrogens (tertiary/aromatic N) is 2. The SMILES string of the molecule is COc1ccc(N2CCN(C(=O)c3cc(=O)c4ccccc4o3)CC2)cc1. The van der Waals surface area contributed by atoms with Crippen LogP contribution in [0.2, 0.25) is 0 Å². The molecule has 0 spiro atoms. The van der Waals surface area contributed by atoms with Gasteiger partial charge in [0.05, 0.1) is 12.5 Å². The van der Waals surface area contributed by atoms with E-state index in [2.05, 4.69) is 4.90 Å². The lowest BCUT2D eigenvalue weighted by Crippen LogP contribution is -2.48. The third-order valence-corrected chi connectivity index (χ3v) is 4.85. The van der Waals surface area contributed by atoms with Gasteiger partial charge >= 0.3 is 0 Å². The summed E-state index contributed by atoms with van der Waals surface area (Å²) < 4.78 is 10.9. The Hall–Kier alpha value is -3.28. The summed E-state index contributed by atoms with van der Waals surface area (Å²) in [4.78, 5) is 29.0. The summed E-state index contributed by atoms with van der Waals surface area (Å²) in [6.07, 6.45) is 0. The fourth-order valence-electron chi connectivity index (χ4n) is 3.33. The second kappa shape index (κ2) is 7.15. The standard InChI is InChI=1S/C21H20N2O4/c1-26-16-8-6-15(7-9-16)22-10-12-23(13-11-22)21(25)20-14-18(24)17-4-2-3-5-19(17)27-20/h2-9,14H,10-13H2,1H3. The van der Waals surface area contributed by atoms with Crippen molar-refractivity contribution in [2.75, 3.05) is 38.2 Å². The van der Waals surface area contributed by atoms with Crippen LogP contribution in [0.4, 0.5) is 5.69 Å². The van der Waals surface area contributed by atoms with E-state index < -0.39 is 0 Å². The summed E-state index contributed by atoms with van der Waals surface area (Å²) in [6, 6.07) is 16.1. The minimum absolute atomic E-state index is 0.0941. The first-order valence-electron chi connectivity index (χ1n) is 8.87. The van der Waals surface area contributed by atoms with Crippen LogP contribution in [0.25, 0.3) is 11.0 Å². The highest BCUT2D eigenvalue weighted by molar-refractivity contribution is 5.93. The van der Waals surface area contributed by atoms with Crippen molar-refractivity contribution in [1.29, 1.82) is 0 Å². The van der Waals surface area contributed by atoms with Crippen LogP contribution in [0.15, 0.2) is 63.8 Å². The zero-order chi connectivity index (χ0) is 18.8. The molecule has 0 radical (unpaired) electrons. The fourth-order valence-corrected chi connectivity index (χ4v) is 3.33. The van der Waals surface area contributed by atoms with Gasteiger partial charge in [-0.1, -0.05) is 12.1 Å². The highest BCUT2D eigenvalue weighted by Gasteiger charge is 2.24. The monoisotopic (exact) mass is 364 g/mol. The first-order valence-corrected chi connectivity index (χ1v) is 8.87. The van der Waals surface area contributed by atoms with E-state index in [1.807, 2.05) is 24.3 Å². The van der Waals surface area contributed by atoms with Gasteiger partial charge in [-0.25, -0.2) is 0 Å². The topological polar surface area (TPSA) is 63.0 Å². The van der Waals surface area contributed by atoms with E-state index in [-0.39, 0.29) is 17.1 Å². The number of ether oxygens (including phenoxy) is 1. The van der Waals surface area contributed by atoms with Crippen molar-refractivity contribution in [3.63, 3.8) is 0 Å². The number of piperazine rings is 1. The molecule has 27 heavy (non-hydrogen) atoms. The number of methoxy groups -OCH3 is 1. The first kappa shape index (κ1) is 17.1. The largest absolute Gasteiger partial charge is 0.497 e. The smallest absolute Gasteiger partial charge is 0.289 e. The minimum atomic E-state index is -0.243. The van der Waals surface area contributed by atoms with Gasteiger partial charge in [0.15, 0.2) is 11.2 Å². The third-order valence-electron chi connectivity index (χ3n) is 4.85. The number of fused-ring (bicyclic) bond motifs is 1. The zero-order valence-corrected chi connectivity index (χ0v) is 15.1. The van der Waals surface area contributed by atoms with Gasteiger partial charge < -0.3 is 19.0 Å². The molecule has 0 aliphatic carbocycles. The molecule has 0 bridgehead atoms. The minimum Gasteiger partial charge on any atom is -0.497 e. The molecule has 6 nitrogen and oxygen atoms in total. The number of carbonyl (C=O) groups excluding carboxylic acids is 1. The van der Waals surface area contributed by atoms with E-state index in [1.165, 1.54) is 6.07 Å². The van der Waals surface area contributed by atoms with Crippen LogP contribution in [0.1, 0.15) is 10.6 Å². The molecule has 1 saturated heterocycles. The van der Waals surface area contributed by atoms with E-state index in [0.29, 0.717) is 24.1 Å². The molecule has 0 unspecified atom stereocenters. The fraction of sp³-hybridized carbons (Fsp3) is 0.238. The normalized spacial score (nSPS) is 14.4. The van der Waals surface area contributed by atoms with Crippen LogP contribution in [-0.4, -0.2) is 44.1 Å². The average Bonchev–Trinajstić information content (AvgIpc) is 2.73. The van der Waals surface area contributed by atoms with E-state index in [9.17, 15) is 9.59 Å². The molecule has 1 aliphatic heterocycles. The number of amides is 1. The molecular weight excluding hydrogens is 344 g/mol. The van der Waals surface area contributed by atoms with Crippen molar-refractivity contribution in [1.82, 2.24) is 4.90 Å². The Labute approximate surface area is 156 Å².